The highest BCUT2D eigenvalue weighted by Crippen LogP contribution is 2.21. The number of nitrogens with zero attached hydrogens (tertiary/aromatic N) is 2. The molecule has 0 bridgehead atoms. The summed E-state index contributed by atoms with van der Waals surface area (Å²) in [5.74, 6) is -2.51. The number of carbonyl (C=O) groups excluding carboxylic acids is 1. The van der Waals surface area contributed by atoms with E-state index in [4.69, 9.17) is 5.11 Å². The highest BCUT2D eigenvalue weighted by atomic mass is 19.1. The van der Waals surface area contributed by atoms with Crippen LogP contribution in [0.15, 0.2) is 18.2 Å². The van der Waals surface area contributed by atoms with Crippen LogP contribution in [-0.2, 0) is 16.1 Å². The van der Waals surface area contributed by atoms with Crippen LogP contribution in [-0.4, -0.2) is 52.5 Å². The number of hydrogen-bond acceptors (Lipinski definition) is 3. The smallest absolute Gasteiger partial charge is 0.317 e. The first-order valence-electron chi connectivity index (χ1n) is 8.11. The van der Waals surface area contributed by atoms with Gasteiger partial charge in [0.25, 0.3) is 0 Å². The Balaban J connectivity index is 2.12. The fourth-order valence-electron chi connectivity index (χ4n) is 3.08. The maximum absolute atomic E-state index is 13.8. The van der Waals surface area contributed by atoms with Gasteiger partial charge in [-0.05, 0) is 31.9 Å². The topological polar surface area (TPSA) is 60.9 Å². The van der Waals surface area contributed by atoms with Crippen molar-refractivity contribution in [1.82, 2.24) is 9.80 Å². The van der Waals surface area contributed by atoms with Crippen molar-refractivity contribution >= 4 is 11.9 Å². The Morgan fingerprint density at radius 2 is 2.17 bits per heavy atom. The molecule has 1 aromatic carbocycles. The molecule has 1 heterocycles. The molecular weight excluding hydrogens is 318 g/mol. The fourth-order valence-corrected chi connectivity index (χ4v) is 3.08. The van der Waals surface area contributed by atoms with Crippen molar-refractivity contribution in [2.24, 2.45) is 0 Å². The van der Waals surface area contributed by atoms with Crippen molar-refractivity contribution in [1.29, 1.82) is 0 Å². The molecule has 0 saturated carbocycles. The summed E-state index contributed by atoms with van der Waals surface area (Å²) < 4.78 is 26.8. The molecule has 1 amide bonds. The Kier molecular flexibility index (Phi) is 6.25. The van der Waals surface area contributed by atoms with Gasteiger partial charge < -0.3 is 10.0 Å². The third kappa shape index (κ3) is 4.50. The molecule has 7 heteroatoms. The third-order valence-electron chi connectivity index (χ3n) is 4.17. The van der Waals surface area contributed by atoms with Gasteiger partial charge in [0, 0.05) is 24.7 Å². The van der Waals surface area contributed by atoms with E-state index in [1.165, 1.54) is 11.0 Å². The van der Waals surface area contributed by atoms with Crippen molar-refractivity contribution in [2.45, 2.75) is 38.8 Å². The lowest BCUT2D eigenvalue weighted by atomic mass is 10.0. The maximum Gasteiger partial charge on any atom is 0.317 e. The van der Waals surface area contributed by atoms with Gasteiger partial charge in [-0.15, -0.1) is 0 Å². The first-order valence-corrected chi connectivity index (χ1v) is 8.11. The summed E-state index contributed by atoms with van der Waals surface area (Å²) >= 11 is 0. The van der Waals surface area contributed by atoms with Crippen LogP contribution in [0, 0.1) is 11.6 Å². The molecule has 0 aliphatic carbocycles. The summed E-state index contributed by atoms with van der Waals surface area (Å²) in [7, 11) is 0. The van der Waals surface area contributed by atoms with E-state index in [1.54, 1.807) is 4.90 Å². The minimum Gasteiger partial charge on any atom is -0.480 e. The van der Waals surface area contributed by atoms with E-state index in [9.17, 15) is 18.4 Å². The van der Waals surface area contributed by atoms with Crippen LogP contribution in [0.4, 0.5) is 8.78 Å². The normalized spacial score (nSPS) is 18.2. The average molecular weight is 340 g/mol. The zero-order valence-electron chi connectivity index (χ0n) is 13.7. The van der Waals surface area contributed by atoms with Gasteiger partial charge in [0.1, 0.15) is 11.6 Å². The lowest BCUT2D eigenvalue weighted by Gasteiger charge is -2.38. The van der Waals surface area contributed by atoms with E-state index < -0.39 is 23.6 Å². The van der Waals surface area contributed by atoms with Crippen LogP contribution < -0.4 is 0 Å². The van der Waals surface area contributed by atoms with E-state index in [0.717, 1.165) is 25.0 Å². The quantitative estimate of drug-likeness (QED) is 0.827. The van der Waals surface area contributed by atoms with Crippen molar-refractivity contribution in [3.05, 3.63) is 35.4 Å². The van der Waals surface area contributed by atoms with Crippen LogP contribution in [0.2, 0.25) is 0 Å². The summed E-state index contributed by atoms with van der Waals surface area (Å²) in [5, 5.41) is 9.04. The summed E-state index contributed by atoms with van der Waals surface area (Å²) in [6.45, 7) is 2.80. The second-order valence-electron chi connectivity index (χ2n) is 6.02. The van der Waals surface area contributed by atoms with Gasteiger partial charge in [-0.3, -0.25) is 14.5 Å². The van der Waals surface area contributed by atoms with Gasteiger partial charge in [-0.2, -0.15) is 0 Å². The number of benzene rings is 1. The fraction of sp³-hybridized carbons (Fsp3) is 0.529. The zero-order valence-corrected chi connectivity index (χ0v) is 13.7. The van der Waals surface area contributed by atoms with Crippen molar-refractivity contribution in [3.63, 3.8) is 0 Å². The molecular formula is C17H22F2N2O3. The van der Waals surface area contributed by atoms with E-state index in [1.807, 2.05) is 6.92 Å². The van der Waals surface area contributed by atoms with Crippen molar-refractivity contribution in [3.8, 4) is 0 Å². The summed E-state index contributed by atoms with van der Waals surface area (Å²) in [6, 6.07) is 2.80. The molecule has 1 unspecified atom stereocenters. The van der Waals surface area contributed by atoms with E-state index in [-0.39, 0.29) is 24.6 Å². The standard InChI is InChI=1S/C17H22F2N2O3/c1-2-7-20(11-16(22)23)15-4-3-8-21(17(15)24)10-12-5-6-13(18)9-14(12)19/h5-6,9,15H,2-4,7-8,10-11H2,1H3,(H,22,23). The maximum atomic E-state index is 13.8. The number of hydrogen-bond donors (Lipinski definition) is 1. The van der Waals surface area contributed by atoms with Crippen molar-refractivity contribution in [2.75, 3.05) is 19.6 Å². The Morgan fingerprint density at radius 1 is 1.42 bits per heavy atom. The second-order valence-corrected chi connectivity index (χ2v) is 6.02. The van der Waals surface area contributed by atoms with E-state index in [0.29, 0.717) is 19.5 Å². The van der Waals surface area contributed by atoms with E-state index in [2.05, 4.69) is 0 Å². The Morgan fingerprint density at radius 3 is 2.79 bits per heavy atom. The predicted molar refractivity (Wildman–Crippen MR) is 84.3 cm³/mol. The Hall–Kier alpha value is -2.02. The summed E-state index contributed by atoms with van der Waals surface area (Å²) in [4.78, 5) is 26.9. The molecule has 5 nitrogen and oxygen atoms in total. The Labute approximate surface area is 139 Å². The number of halogens is 2. The largest absolute Gasteiger partial charge is 0.480 e. The molecule has 0 aromatic heterocycles. The van der Waals surface area contributed by atoms with Crippen LogP contribution in [0.1, 0.15) is 31.7 Å². The number of amides is 1. The molecule has 1 aliphatic rings. The lowest BCUT2D eigenvalue weighted by molar-refractivity contribution is -0.145. The first kappa shape index (κ1) is 18.3. The molecule has 24 heavy (non-hydrogen) atoms. The van der Waals surface area contributed by atoms with Crippen LogP contribution in [0.25, 0.3) is 0 Å². The molecule has 132 valence electrons. The molecule has 1 N–H and O–H groups in total. The molecule has 1 fully saturated rings. The van der Waals surface area contributed by atoms with Crippen LogP contribution in [0.3, 0.4) is 0 Å². The summed E-state index contributed by atoms with van der Waals surface area (Å²) in [6.07, 6.45) is 2.05. The molecule has 0 radical (unpaired) electrons. The number of carboxylic acids is 1. The minimum absolute atomic E-state index is 0.0640. The molecule has 0 spiro atoms. The van der Waals surface area contributed by atoms with Crippen LogP contribution in [0.5, 0.6) is 0 Å². The molecule has 1 atom stereocenters. The average Bonchev–Trinajstić information content (AvgIpc) is 2.51. The first-order chi connectivity index (χ1) is 11.4. The van der Waals surface area contributed by atoms with Gasteiger partial charge in [-0.25, -0.2) is 8.78 Å². The van der Waals surface area contributed by atoms with Gasteiger partial charge in [0.2, 0.25) is 5.91 Å². The number of likely N-dealkylation sites (tertiary alicyclic amines) is 1. The van der Waals surface area contributed by atoms with Crippen molar-refractivity contribution < 1.29 is 23.5 Å². The molecule has 1 aromatic rings. The number of rotatable bonds is 7. The highest BCUT2D eigenvalue weighted by Gasteiger charge is 2.34. The van der Waals surface area contributed by atoms with Gasteiger partial charge in [0.05, 0.1) is 12.6 Å². The van der Waals surface area contributed by atoms with Crippen LogP contribution >= 0.6 is 0 Å². The third-order valence-corrected chi connectivity index (χ3v) is 4.17. The number of carboxylic acid groups (broad SMARTS) is 1. The predicted octanol–water partition coefficient (Wildman–Crippen LogP) is 2.25. The second kappa shape index (κ2) is 8.19. The van der Waals surface area contributed by atoms with E-state index >= 15 is 0 Å². The van der Waals surface area contributed by atoms with Gasteiger partial charge >= 0.3 is 5.97 Å². The number of aliphatic carboxylic acids is 1. The zero-order chi connectivity index (χ0) is 17.7. The molecule has 1 aliphatic heterocycles. The van der Waals surface area contributed by atoms with Gasteiger partial charge in [-0.1, -0.05) is 13.0 Å². The number of piperidine rings is 1. The number of carbonyl (C=O) groups is 2. The summed E-state index contributed by atoms with van der Waals surface area (Å²) in [5.41, 5.74) is 0.255. The minimum atomic E-state index is -0.974. The monoisotopic (exact) mass is 340 g/mol. The Bertz CT molecular complexity index is 609. The lowest BCUT2D eigenvalue weighted by Crippen LogP contribution is -2.53. The highest BCUT2D eigenvalue weighted by molar-refractivity contribution is 5.83. The molecule has 2 rings (SSSR count). The van der Waals surface area contributed by atoms with Gasteiger partial charge in [0.15, 0.2) is 0 Å². The molecule has 1 saturated heterocycles. The SMILES string of the molecule is CCCN(CC(=O)O)C1CCCN(Cc2ccc(F)cc2F)C1=O.